The largest absolute Gasteiger partial charge is 0.393 e. The third-order valence-electron chi connectivity index (χ3n) is 4.13. The molecule has 0 radical (unpaired) electrons. The van der Waals surface area contributed by atoms with Gasteiger partial charge in [0.15, 0.2) is 11.6 Å². The molecule has 1 aliphatic rings. The van der Waals surface area contributed by atoms with E-state index >= 15 is 0 Å². The lowest BCUT2D eigenvalue weighted by molar-refractivity contribution is 0.481. The first-order chi connectivity index (χ1) is 10.1. The van der Waals surface area contributed by atoms with Crippen LogP contribution in [0.25, 0.3) is 5.82 Å². The molecule has 0 spiro atoms. The number of nitrogen functional groups attached to an aromatic ring is 1. The van der Waals surface area contributed by atoms with Crippen molar-refractivity contribution in [2.75, 3.05) is 17.2 Å². The fraction of sp³-hybridized carbons (Fsp3) is 0.533. The van der Waals surface area contributed by atoms with Gasteiger partial charge in [0, 0.05) is 18.3 Å². The molecule has 0 aromatic carbocycles. The quantitative estimate of drug-likeness (QED) is 0.916. The molecule has 2 aromatic heterocycles. The van der Waals surface area contributed by atoms with Crippen LogP contribution >= 0.6 is 0 Å². The van der Waals surface area contributed by atoms with Crippen LogP contribution in [0.1, 0.15) is 37.6 Å². The first-order valence-corrected chi connectivity index (χ1v) is 7.48. The van der Waals surface area contributed by atoms with Gasteiger partial charge in [-0.2, -0.15) is 5.10 Å². The Hall–Kier alpha value is -2.11. The van der Waals surface area contributed by atoms with Crippen molar-refractivity contribution in [1.29, 1.82) is 0 Å². The van der Waals surface area contributed by atoms with Gasteiger partial charge in [0.2, 0.25) is 0 Å². The summed E-state index contributed by atoms with van der Waals surface area (Å²) in [5.74, 6) is 1.50. The number of hydrogen-bond acceptors (Lipinski definition) is 5. The van der Waals surface area contributed by atoms with E-state index < -0.39 is 0 Å². The Bertz CT molecular complexity index is 648. The van der Waals surface area contributed by atoms with Crippen LogP contribution in [-0.4, -0.2) is 32.3 Å². The normalized spacial score (nSPS) is 19.0. The molecule has 2 N–H and O–H groups in total. The molecular weight excluding hydrogens is 264 g/mol. The summed E-state index contributed by atoms with van der Waals surface area (Å²) in [5.41, 5.74) is 8.95. The number of hydrogen-bond donors (Lipinski definition) is 1. The predicted octanol–water partition coefficient (Wildman–Crippen LogP) is 2.24. The Morgan fingerprint density at radius 1 is 1.19 bits per heavy atom. The Kier molecular flexibility index (Phi) is 3.53. The standard InChI is InChI=1S/C15H22N6/c1-10-8-12(3)21(19-10)15-13(16)14(17-9-18-15)20-7-5-4-6-11(20)2/h8-9,11H,4-7,16H2,1-3H3. The van der Waals surface area contributed by atoms with Crippen LogP contribution in [0.3, 0.4) is 0 Å². The van der Waals surface area contributed by atoms with E-state index in [0.29, 0.717) is 17.5 Å². The van der Waals surface area contributed by atoms with Crippen molar-refractivity contribution in [2.45, 2.75) is 46.1 Å². The first kappa shape index (κ1) is 13.9. The lowest BCUT2D eigenvalue weighted by Gasteiger charge is -2.35. The van der Waals surface area contributed by atoms with Crippen LogP contribution in [0.2, 0.25) is 0 Å². The minimum Gasteiger partial charge on any atom is -0.393 e. The predicted molar refractivity (Wildman–Crippen MR) is 83.7 cm³/mol. The molecule has 1 atom stereocenters. The molecule has 21 heavy (non-hydrogen) atoms. The van der Waals surface area contributed by atoms with E-state index in [0.717, 1.165) is 23.8 Å². The van der Waals surface area contributed by atoms with Crippen LogP contribution in [0.15, 0.2) is 12.4 Å². The van der Waals surface area contributed by atoms with Gasteiger partial charge in [-0.15, -0.1) is 0 Å². The maximum atomic E-state index is 6.36. The molecule has 0 bridgehead atoms. The zero-order valence-electron chi connectivity index (χ0n) is 12.9. The molecule has 1 fully saturated rings. The van der Waals surface area contributed by atoms with Gasteiger partial charge in [-0.25, -0.2) is 14.6 Å². The first-order valence-electron chi connectivity index (χ1n) is 7.48. The van der Waals surface area contributed by atoms with Crippen molar-refractivity contribution in [3.8, 4) is 5.82 Å². The van der Waals surface area contributed by atoms with E-state index in [4.69, 9.17) is 5.73 Å². The van der Waals surface area contributed by atoms with Crippen molar-refractivity contribution in [2.24, 2.45) is 0 Å². The maximum Gasteiger partial charge on any atom is 0.182 e. The molecule has 3 rings (SSSR count). The Balaban J connectivity index is 2.04. The molecule has 0 saturated carbocycles. The van der Waals surface area contributed by atoms with Crippen molar-refractivity contribution in [3.63, 3.8) is 0 Å². The van der Waals surface area contributed by atoms with Gasteiger partial charge in [0.25, 0.3) is 0 Å². The fourth-order valence-electron chi connectivity index (χ4n) is 3.03. The van der Waals surface area contributed by atoms with Gasteiger partial charge in [-0.05, 0) is 46.1 Å². The van der Waals surface area contributed by atoms with Gasteiger partial charge in [0.05, 0.1) is 5.69 Å². The van der Waals surface area contributed by atoms with E-state index in [1.165, 1.54) is 19.3 Å². The number of nitrogens with two attached hydrogens (primary N) is 1. The van der Waals surface area contributed by atoms with E-state index in [1.54, 1.807) is 11.0 Å². The van der Waals surface area contributed by atoms with Crippen molar-refractivity contribution < 1.29 is 0 Å². The lowest BCUT2D eigenvalue weighted by Crippen LogP contribution is -2.38. The molecule has 6 nitrogen and oxygen atoms in total. The molecule has 0 aliphatic carbocycles. The number of aryl methyl sites for hydroxylation is 2. The molecule has 1 unspecified atom stereocenters. The SMILES string of the molecule is Cc1cc(C)n(-c2ncnc(N3CCCCC3C)c2N)n1. The summed E-state index contributed by atoms with van der Waals surface area (Å²) in [4.78, 5) is 11.1. The number of anilines is 2. The summed E-state index contributed by atoms with van der Waals surface area (Å²) in [6.07, 6.45) is 5.22. The molecule has 2 aromatic rings. The molecule has 1 saturated heterocycles. The minimum atomic E-state index is 0.462. The van der Waals surface area contributed by atoms with Crippen LogP contribution in [0.5, 0.6) is 0 Å². The number of nitrogens with zero attached hydrogens (tertiary/aromatic N) is 5. The third kappa shape index (κ3) is 2.46. The highest BCUT2D eigenvalue weighted by Crippen LogP contribution is 2.30. The number of piperidine rings is 1. The number of aromatic nitrogens is 4. The van der Waals surface area contributed by atoms with Crippen molar-refractivity contribution in [1.82, 2.24) is 19.7 Å². The highest BCUT2D eigenvalue weighted by atomic mass is 15.3. The monoisotopic (exact) mass is 286 g/mol. The molecule has 112 valence electrons. The average molecular weight is 286 g/mol. The Morgan fingerprint density at radius 3 is 2.62 bits per heavy atom. The third-order valence-corrected chi connectivity index (χ3v) is 4.13. The summed E-state index contributed by atoms with van der Waals surface area (Å²) in [7, 11) is 0. The molecule has 6 heteroatoms. The topological polar surface area (TPSA) is 72.9 Å². The van der Waals surface area contributed by atoms with Gasteiger partial charge in [-0.3, -0.25) is 0 Å². The van der Waals surface area contributed by atoms with Gasteiger partial charge < -0.3 is 10.6 Å². The van der Waals surface area contributed by atoms with E-state index in [-0.39, 0.29) is 0 Å². The summed E-state index contributed by atoms with van der Waals surface area (Å²) in [6, 6.07) is 2.48. The fourth-order valence-corrected chi connectivity index (χ4v) is 3.03. The number of rotatable bonds is 2. The lowest BCUT2D eigenvalue weighted by atomic mass is 10.0. The van der Waals surface area contributed by atoms with Crippen LogP contribution in [0.4, 0.5) is 11.5 Å². The second kappa shape index (κ2) is 5.35. The summed E-state index contributed by atoms with van der Waals surface area (Å²) in [5, 5.41) is 4.47. The van der Waals surface area contributed by atoms with Crippen molar-refractivity contribution in [3.05, 3.63) is 23.8 Å². The highest BCUT2D eigenvalue weighted by molar-refractivity contribution is 5.70. The smallest absolute Gasteiger partial charge is 0.182 e. The van der Waals surface area contributed by atoms with Crippen molar-refractivity contribution >= 4 is 11.5 Å². The minimum absolute atomic E-state index is 0.462. The zero-order valence-corrected chi connectivity index (χ0v) is 12.9. The second-order valence-corrected chi connectivity index (χ2v) is 5.81. The van der Waals surface area contributed by atoms with Gasteiger partial charge in [-0.1, -0.05) is 0 Å². The summed E-state index contributed by atoms with van der Waals surface area (Å²) < 4.78 is 1.80. The van der Waals surface area contributed by atoms with Crippen LogP contribution < -0.4 is 10.6 Å². The van der Waals surface area contributed by atoms with Crippen LogP contribution in [0, 0.1) is 13.8 Å². The Morgan fingerprint density at radius 2 is 1.95 bits per heavy atom. The highest BCUT2D eigenvalue weighted by Gasteiger charge is 2.23. The van der Waals surface area contributed by atoms with Crippen LogP contribution in [-0.2, 0) is 0 Å². The molecule has 1 aliphatic heterocycles. The second-order valence-electron chi connectivity index (χ2n) is 5.81. The zero-order chi connectivity index (χ0) is 15.0. The summed E-state index contributed by atoms with van der Waals surface area (Å²) in [6.45, 7) is 7.20. The van der Waals surface area contributed by atoms with Gasteiger partial charge in [0.1, 0.15) is 12.0 Å². The van der Waals surface area contributed by atoms with E-state index in [2.05, 4.69) is 26.9 Å². The maximum absolute atomic E-state index is 6.36. The molecular formula is C15H22N6. The van der Waals surface area contributed by atoms with E-state index in [1.807, 2.05) is 19.9 Å². The summed E-state index contributed by atoms with van der Waals surface area (Å²) >= 11 is 0. The molecule has 0 amide bonds. The Labute approximate surface area is 125 Å². The average Bonchev–Trinajstić information content (AvgIpc) is 2.79. The van der Waals surface area contributed by atoms with Gasteiger partial charge >= 0.3 is 0 Å². The van der Waals surface area contributed by atoms with E-state index in [9.17, 15) is 0 Å². The molecule has 3 heterocycles.